The molecule has 1 amide bonds. The molecule has 21 heavy (non-hydrogen) atoms. The molecule has 0 aliphatic carbocycles. The van der Waals surface area contributed by atoms with Crippen LogP contribution in [0.4, 0.5) is 5.69 Å². The maximum atomic E-state index is 11.1. The first-order valence-electron chi connectivity index (χ1n) is 7.50. The van der Waals surface area contributed by atoms with E-state index in [0.717, 1.165) is 42.2 Å². The van der Waals surface area contributed by atoms with Crippen LogP contribution in [0, 0.1) is 0 Å². The van der Waals surface area contributed by atoms with Gasteiger partial charge in [0.1, 0.15) is 0 Å². The zero-order valence-corrected chi connectivity index (χ0v) is 13.7. The van der Waals surface area contributed by atoms with Crippen LogP contribution < -0.4 is 15.5 Å². The average molecular weight is 310 g/mol. The van der Waals surface area contributed by atoms with E-state index in [0.29, 0.717) is 6.04 Å². The van der Waals surface area contributed by atoms with Gasteiger partial charge in [0.25, 0.3) is 0 Å². The van der Waals surface area contributed by atoms with Crippen LogP contribution in [0.5, 0.6) is 0 Å². The molecule has 1 heterocycles. The number of benzene rings is 1. The second-order valence-corrected chi connectivity index (χ2v) is 6.09. The highest BCUT2D eigenvalue weighted by Crippen LogP contribution is 2.29. The third-order valence-corrected chi connectivity index (χ3v) is 4.48. The van der Waals surface area contributed by atoms with Crippen LogP contribution in [0.25, 0.3) is 0 Å². The molecule has 1 aromatic carbocycles. The summed E-state index contributed by atoms with van der Waals surface area (Å²) in [7, 11) is 1.93. The lowest BCUT2D eigenvalue weighted by Gasteiger charge is -2.34. The molecular formula is C16H24ClN3O. The van der Waals surface area contributed by atoms with Gasteiger partial charge in [0.05, 0.1) is 0 Å². The summed E-state index contributed by atoms with van der Waals surface area (Å²) in [6.45, 7) is 5.57. The fourth-order valence-corrected chi connectivity index (χ4v) is 3.13. The zero-order valence-electron chi connectivity index (χ0n) is 12.9. The van der Waals surface area contributed by atoms with E-state index in [2.05, 4.69) is 34.6 Å². The van der Waals surface area contributed by atoms with Crippen molar-refractivity contribution in [2.75, 3.05) is 25.0 Å². The van der Waals surface area contributed by atoms with Crippen molar-refractivity contribution in [3.63, 3.8) is 0 Å². The summed E-state index contributed by atoms with van der Waals surface area (Å²) >= 11 is 6.40. The zero-order chi connectivity index (χ0) is 15.4. The van der Waals surface area contributed by atoms with Crippen LogP contribution in [0.2, 0.25) is 5.02 Å². The topological polar surface area (TPSA) is 44.4 Å². The van der Waals surface area contributed by atoms with Crippen molar-refractivity contribution < 1.29 is 4.79 Å². The third-order valence-electron chi connectivity index (χ3n) is 4.15. The molecule has 0 bridgehead atoms. The Hall–Kier alpha value is -1.26. The molecule has 1 fully saturated rings. The first-order valence-corrected chi connectivity index (χ1v) is 7.88. The quantitative estimate of drug-likeness (QED) is 0.899. The predicted octanol–water partition coefficient (Wildman–Crippen LogP) is 2.73. The molecule has 0 saturated carbocycles. The van der Waals surface area contributed by atoms with Crippen molar-refractivity contribution >= 4 is 23.2 Å². The van der Waals surface area contributed by atoms with Gasteiger partial charge in [-0.05, 0) is 44.5 Å². The summed E-state index contributed by atoms with van der Waals surface area (Å²) in [4.78, 5) is 13.4. The molecule has 2 rings (SSSR count). The molecule has 4 nitrogen and oxygen atoms in total. The SMILES string of the molecule is CNC(C)c1ccc(N2CCC(NC(C)=O)CC2)cc1Cl. The Morgan fingerprint density at radius 1 is 1.38 bits per heavy atom. The Morgan fingerprint density at radius 2 is 2.05 bits per heavy atom. The smallest absolute Gasteiger partial charge is 0.217 e. The van der Waals surface area contributed by atoms with Gasteiger partial charge in [0, 0.05) is 42.8 Å². The van der Waals surface area contributed by atoms with E-state index in [1.54, 1.807) is 6.92 Å². The fraction of sp³-hybridized carbons (Fsp3) is 0.562. The van der Waals surface area contributed by atoms with Crippen LogP contribution >= 0.6 is 11.6 Å². The Kier molecular flexibility index (Phi) is 5.48. The van der Waals surface area contributed by atoms with Gasteiger partial charge in [-0.2, -0.15) is 0 Å². The standard InChI is InChI=1S/C16H24ClN3O/c1-11(18-3)15-5-4-14(10-16(15)17)20-8-6-13(7-9-20)19-12(2)21/h4-5,10-11,13,18H,6-9H2,1-3H3,(H,19,21). The molecule has 1 aromatic rings. The molecule has 116 valence electrons. The number of anilines is 1. The van der Waals surface area contributed by atoms with Gasteiger partial charge in [0.15, 0.2) is 0 Å². The van der Waals surface area contributed by atoms with E-state index in [4.69, 9.17) is 11.6 Å². The Bertz CT molecular complexity index is 498. The number of hydrogen-bond donors (Lipinski definition) is 2. The van der Waals surface area contributed by atoms with Crippen LogP contribution in [0.3, 0.4) is 0 Å². The highest BCUT2D eigenvalue weighted by Gasteiger charge is 2.20. The molecule has 1 aliphatic rings. The average Bonchev–Trinajstić information content (AvgIpc) is 2.46. The van der Waals surface area contributed by atoms with Crippen molar-refractivity contribution in [2.45, 2.75) is 38.8 Å². The molecule has 1 unspecified atom stereocenters. The highest BCUT2D eigenvalue weighted by atomic mass is 35.5. The van der Waals surface area contributed by atoms with E-state index in [-0.39, 0.29) is 11.9 Å². The molecule has 2 N–H and O–H groups in total. The molecule has 5 heteroatoms. The first kappa shape index (κ1) is 16.1. The van der Waals surface area contributed by atoms with E-state index in [1.807, 2.05) is 13.1 Å². The Labute approximate surface area is 131 Å². The van der Waals surface area contributed by atoms with Gasteiger partial charge < -0.3 is 15.5 Å². The number of carbonyl (C=O) groups excluding carboxylic acids is 1. The third kappa shape index (κ3) is 4.11. The van der Waals surface area contributed by atoms with Crippen LogP contribution in [0.15, 0.2) is 18.2 Å². The monoisotopic (exact) mass is 309 g/mol. The number of piperidine rings is 1. The van der Waals surface area contributed by atoms with E-state index < -0.39 is 0 Å². The van der Waals surface area contributed by atoms with Crippen molar-refractivity contribution in [3.8, 4) is 0 Å². The molecule has 1 atom stereocenters. The van der Waals surface area contributed by atoms with Gasteiger partial charge in [-0.15, -0.1) is 0 Å². The van der Waals surface area contributed by atoms with Crippen LogP contribution in [-0.4, -0.2) is 32.1 Å². The summed E-state index contributed by atoms with van der Waals surface area (Å²) in [5.41, 5.74) is 2.28. The van der Waals surface area contributed by atoms with Gasteiger partial charge >= 0.3 is 0 Å². The number of hydrogen-bond acceptors (Lipinski definition) is 3. The molecule has 1 saturated heterocycles. The summed E-state index contributed by atoms with van der Waals surface area (Å²) in [6, 6.07) is 6.82. The number of nitrogens with zero attached hydrogens (tertiary/aromatic N) is 1. The second kappa shape index (κ2) is 7.14. The minimum absolute atomic E-state index is 0.0573. The van der Waals surface area contributed by atoms with Crippen molar-refractivity contribution in [2.24, 2.45) is 0 Å². The summed E-state index contributed by atoms with van der Waals surface area (Å²) < 4.78 is 0. The van der Waals surface area contributed by atoms with Crippen LogP contribution in [0.1, 0.15) is 38.3 Å². The van der Waals surface area contributed by atoms with Gasteiger partial charge in [-0.3, -0.25) is 4.79 Å². The number of rotatable bonds is 4. The molecule has 1 aliphatic heterocycles. The van der Waals surface area contributed by atoms with Crippen molar-refractivity contribution in [1.82, 2.24) is 10.6 Å². The fourth-order valence-electron chi connectivity index (χ4n) is 2.79. The van der Waals surface area contributed by atoms with Gasteiger partial charge in [-0.1, -0.05) is 17.7 Å². The van der Waals surface area contributed by atoms with E-state index >= 15 is 0 Å². The minimum atomic E-state index is 0.0573. The number of nitrogens with one attached hydrogen (secondary N) is 2. The van der Waals surface area contributed by atoms with Crippen molar-refractivity contribution in [3.05, 3.63) is 28.8 Å². The van der Waals surface area contributed by atoms with E-state index in [9.17, 15) is 4.79 Å². The summed E-state index contributed by atoms with van der Waals surface area (Å²) in [5, 5.41) is 7.01. The normalized spacial score (nSPS) is 17.6. The molecule has 0 spiro atoms. The largest absolute Gasteiger partial charge is 0.371 e. The summed E-state index contributed by atoms with van der Waals surface area (Å²) in [5.74, 6) is 0.0573. The lowest BCUT2D eigenvalue weighted by molar-refractivity contribution is -0.119. The van der Waals surface area contributed by atoms with Gasteiger partial charge in [-0.25, -0.2) is 0 Å². The highest BCUT2D eigenvalue weighted by molar-refractivity contribution is 6.31. The summed E-state index contributed by atoms with van der Waals surface area (Å²) in [6.07, 6.45) is 1.96. The minimum Gasteiger partial charge on any atom is -0.371 e. The lowest BCUT2D eigenvalue weighted by atomic mass is 10.0. The number of halogens is 1. The lowest BCUT2D eigenvalue weighted by Crippen LogP contribution is -2.44. The molecule has 0 radical (unpaired) electrons. The van der Waals surface area contributed by atoms with Crippen molar-refractivity contribution in [1.29, 1.82) is 0 Å². The molecule has 0 aromatic heterocycles. The second-order valence-electron chi connectivity index (χ2n) is 5.68. The Balaban J connectivity index is 2.01. The maximum Gasteiger partial charge on any atom is 0.217 e. The van der Waals surface area contributed by atoms with Gasteiger partial charge in [0.2, 0.25) is 5.91 Å². The first-order chi connectivity index (χ1) is 10.0. The number of amides is 1. The Morgan fingerprint density at radius 3 is 2.57 bits per heavy atom. The molecular weight excluding hydrogens is 286 g/mol. The van der Waals surface area contributed by atoms with Crippen LogP contribution in [-0.2, 0) is 4.79 Å². The maximum absolute atomic E-state index is 11.1. The van der Waals surface area contributed by atoms with E-state index in [1.165, 1.54) is 0 Å². The predicted molar refractivity (Wildman–Crippen MR) is 88.0 cm³/mol. The number of carbonyl (C=O) groups is 1.